The quantitative estimate of drug-likeness (QED) is 0.765. The number of anilines is 1. The van der Waals surface area contributed by atoms with Gasteiger partial charge in [0.15, 0.2) is 0 Å². The van der Waals surface area contributed by atoms with Crippen LogP contribution in [0.4, 0.5) is 5.69 Å². The van der Waals surface area contributed by atoms with E-state index in [1.165, 1.54) is 0 Å². The number of nitriles is 1. The first-order chi connectivity index (χ1) is 8.19. The molecule has 0 aliphatic heterocycles. The SMILES string of the molecule is N#Cc1ccc(NC2C=CC(C(=O)O)C2)cn1. The molecule has 1 aliphatic rings. The lowest BCUT2D eigenvalue weighted by Crippen LogP contribution is -2.18. The Morgan fingerprint density at radius 1 is 1.53 bits per heavy atom. The van der Waals surface area contributed by atoms with Gasteiger partial charge in [-0.05, 0) is 18.6 Å². The lowest BCUT2D eigenvalue weighted by molar-refractivity contribution is -0.140. The number of carboxylic acids is 1. The highest BCUT2D eigenvalue weighted by atomic mass is 16.4. The number of pyridine rings is 1. The maximum Gasteiger partial charge on any atom is 0.310 e. The molecule has 0 radical (unpaired) electrons. The Balaban J connectivity index is 1.97. The van der Waals surface area contributed by atoms with Gasteiger partial charge in [0, 0.05) is 6.04 Å². The first-order valence-corrected chi connectivity index (χ1v) is 5.23. The van der Waals surface area contributed by atoms with Crippen molar-refractivity contribution in [3.05, 3.63) is 36.2 Å². The Morgan fingerprint density at radius 2 is 2.35 bits per heavy atom. The first-order valence-electron chi connectivity index (χ1n) is 5.23. The van der Waals surface area contributed by atoms with E-state index >= 15 is 0 Å². The Morgan fingerprint density at radius 3 is 2.88 bits per heavy atom. The van der Waals surface area contributed by atoms with Gasteiger partial charge in [0.1, 0.15) is 11.8 Å². The standard InChI is InChI=1S/C12H11N3O2/c13-6-10-3-4-11(7-14-10)15-9-2-1-8(5-9)12(16)17/h1-4,7-9,15H,5H2,(H,16,17). The van der Waals surface area contributed by atoms with Gasteiger partial charge in [-0.1, -0.05) is 12.2 Å². The molecule has 17 heavy (non-hydrogen) atoms. The average Bonchev–Trinajstić information content (AvgIpc) is 2.79. The molecular formula is C12H11N3O2. The van der Waals surface area contributed by atoms with Gasteiger partial charge >= 0.3 is 5.97 Å². The van der Waals surface area contributed by atoms with Crippen LogP contribution in [0.25, 0.3) is 0 Å². The van der Waals surface area contributed by atoms with Crippen molar-refractivity contribution in [1.82, 2.24) is 4.98 Å². The van der Waals surface area contributed by atoms with Crippen molar-refractivity contribution in [1.29, 1.82) is 5.26 Å². The highest BCUT2D eigenvalue weighted by Crippen LogP contribution is 2.21. The number of nitrogens with one attached hydrogen (secondary N) is 1. The van der Waals surface area contributed by atoms with Crippen molar-refractivity contribution in [2.45, 2.75) is 12.5 Å². The number of aromatic nitrogens is 1. The Labute approximate surface area is 98.4 Å². The smallest absolute Gasteiger partial charge is 0.310 e. The van der Waals surface area contributed by atoms with Crippen LogP contribution in [0.15, 0.2) is 30.5 Å². The number of hydrogen-bond donors (Lipinski definition) is 2. The summed E-state index contributed by atoms with van der Waals surface area (Å²) in [5, 5.41) is 20.6. The van der Waals surface area contributed by atoms with Crippen molar-refractivity contribution in [2.75, 3.05) is 5.32 Å². The van der Waals surface area contributed by atoms with Crippen LogP contribution < -0.4 is 5.32 Å². The second kappa shape index (κ2) is 4.66. The van der Waals surface area contributed by atoms with Crippen LogP contribution in [0.5, 0.6) is 0 Å². The maximum atomic E-state index is 10.8. The van der Waals surface area contributed by atoms with Crippen molar-refractivity contribution < 1.29 is 9.90 Å². The molecule has 2 N–H and O–H groups in total. The van der Waals surface area contributed by atoms with E-state index in [0.717, 1.165) is 5.69 Å². The van der Waals surface area contributed by atoms with Gasteiger partial charge in [-0.25, -0.2) is 4.98 Å². The van der Waals surface area contributed by atoms with Crippen LogP contribution in [0.3, 0.4) is 0 Å². The molecule has 5 heteroatoms. The summed E-state index contributed by atoms with van der Waals surface area (Å²) in [6.45, 7) is 0. The summed E-state index contributed by atoms with van der Waals surface area (Å²) >= 11 is 0. The zero-order chi connectivity index (χ0) is 12.3. The van der Waals surface area contributed by atoms with E-state index in [2.05, 4.69) is 10.3 Å². The van der Waals surface area contributed by atoms with Crippen LogP contribution in [0, 0.1) is 17.2 Å². The van der Waals surface area contributed by atoms with Crippen molar-refractivity contribution >= 4 is 11.7 Å². The third-order valence-corrected chi connectivity index (χ3v) is 2.63. The number of hydrogen-bond acceptors (Lipinski definition) is 4. The number of rotatable bonds is 3. The first kappa shape index (κ1) is 11.1. The lowest BCUT2D eigenvalue weighted by Gasteiger charge is -2.12. The highest BCUT2D eigenvalue weighted by molar-refractivity contribution is 5.73. The minimum Gasteiger partial charge on any atom is -0.481 e. The summed E-state index contributed by atoms with van der Waals surface area (Å²) in [7, 11) is 0. The normalized spacial score (nSPS) is 22.1. The third kappa shape index (κ3) is 2.61. The molecule has 0 bridgehead atoms. The molecule has 1 heterocycles. The molecule has 0 spiro atoms. The maximum absolute atomic E-state index is 10.8. The molecule has 86 valence electrons. The van der Waals surface area contributed by atoms with Gasteiger partial charge in [0.2, 0.25) is 0 Å². The summed E-state index contributed by atoms with van der Waals surface area (Å²) in [5.74, 6) is -1.22. The molecule has 0 amide bonds. The predicted octanol–water partition coefficient (Wildman–Crippen LogP) is 1.39. The summed E-state index contributed by atoms with van der Waals surface area (Å²) in [5.41, 5.74) is 1.14. The summed E-state index contributed by atoms with van der Waals surface area (Å²) < 4.78 is 0. The largest absolute Gasteiger partial charge is 0.481 e. The fourth-order valence-electron chi connectivity index (χ4n) is 1.75. The Kier molecular flexibility index (Phi) is 3.06. The van der Waals surface area contributed by atoms with E-state index in [4.69, 9.17) is 10.4 Å². The summed E-state index contributed by atoms with van der Waals surface area (Å²) in [4.78, 5) is 14.7. The van der Waals surface area contributed by atoms with Gasteiger partial charge in [-0.15, -0.1) is 0 Å². The second-order valence-electron chi connectivity index (χ2n) is 3.86. The van der Waals surface area contributed by atoms with Crippen LogP contribution in [0.2, 0.25) is 0 Å². The van der Waals surface area contributed by atoms with Gasteiger partial charge in [-0.3, -0.25) is 4.79 Å². The van der Waals surface area contributed by atoms with E-state index in [0.29, 0.717) is 12.1 Å². The predicted molar refractivity (Wildman–Crippen MR) is 61.2 cm³/mol. The Bertz CT molecular complexity index is 487. The molecule has 1 aromatic rings. The minimum atomic E-state index is -0.802. The molecular weight excluding hydrogens is 218 g/mol. The molecule has 1 aromatic heterocycles. The highest BCUT2D eigenvalue weighted by Gasteiger charge is 2.24. The van der Waals surface area contributed by atoms with Crippen molar-refractivity contribution in [3.8, 4) is 6.07 Å². The fourth-order valence-corrected chi connectivity index (χ4v) is 1.75. The second-order valence-corrected chi connectivity index (χ2v) is 3.86. The molecule has 0 saturated carbocycles. The fraction of sp³-hybridized carbons (Fsp3) is 0.250. The van der Waals surface area contributed by atoms with Crippen molar-refractivity contribution in [3.63, 3.8) is 0 Å². The molecule has 5 nitrogen and oxygen atoms in total. The molecule has 2 unspecified atom stereocenters. The summed E-state index contributed by atoms with van der Waals surface area (Å²) in [6.07, 6.45) is 5.64. The van der Waals surface area contributed by atoms with Gasteiger partial charge < -0.3 is 10.4 Å². The van der Waals surface area contributed by atoms with E-state index in [1.807, 2.05) is 12.1 Å². The minimum absolute atomic E-state index is 0.00540. The van der Waals surface area contributed by atoms with E-state index in [9.17, 15) is 4.79 Å². The van der Waals surface area contributed by atoms with Crippen LogP contribution in [-0.4, -0.2) is 22.1 Å². The number of carboxylic acid groups (broad SMARTS) is 1. The van der Waals surface area contributed by atoms with Crippen LogP contribution in [0.1, 0.15) is 12.1 Å². The molecule has 2 atom stereocenters. The van der Waals surface area contributed by atoms with E-state index < -0.39 is 11.9 Å². The van der Waals surface area contributed by atoms with Gasteiger partial charge in [0.05, 0.1) is 17.8 Å². The number of aliphatic carboxylic acids is 1. The van der Waals surface area contributed by atoms with Gasteiger partial charge in [-0.2, -0.15) is 5.26 Å². The van der Waals surface area contributed by atoms with Crippen LogP contribution in [-0.2, 0) is 4.79 Å². The van der Waals surface area contributed by atoms with E-state index in [-0.39, 0.29) is 6.04 Å². The molecule has 2 rings (SSSR count). The number of carbonyl (C=O) groups is 1. The summed E-state index contributed by atoms with van der Waals surface area (Å²) in [6, 6.07) is 5.32. The molecule has 0 saturated heterocycles. The molecule has 0 aromatic carbocycles. The number of nitrogens with zero attached hydrogens (tertiary/aromatic N) is 2. The van der Waals surface area contributed by atoms with Gasteiger partial charge in [0.25, 0.3) is 0 Å². The zero-order valence-corrected chi connectivity index (χ0v) is 9.00. The molecule has 1 aliphatic carbocycles. The molecule has 0 fully saturated rings. The van der Waals surface area contributed by atoms with Crippen LogP contribution >= 0.6 is 0 Å². The zero-order valence-electron chi connectivity index (χ0n) is 9.00. The van der Waals surface area contributed by atoms with Crippen molar-refractivity contribution in [2.24, 2.45) is 5.92 Å². The van der Waals surface area contributed by atoms with E-state index in [1.54, 1.807) is 24.4 Å². The Hall–Kier alpha value is -2.35. The topological polar surface area (TPSA) is 86.0 Å². The monoisotopic (exact) mass is 229 g/mol. The third-order valence-electron chi connectivity index (χ3n) is 2.63. The average molecular weight is 229 g/mol. The lowest BCUT2D eigenvalue weighted by atomic mass is 10.1.